The number of carbonyl (C=O) groups is 2. The number of aryl methyl sites for hydroxylation is 1. The predicted octanol–water partition coefficient (Wildman–Crippen LogP) is 1.69. The summed E-state index contributed by atoms with van der Waals surface area (Å²) in [6, 6.07) is 3.37. The minimum atomic E-state index is -4.92. The lowest BCUT2D eigenvalue weighted by molar-refractivity contribution is -0.173. The number of aromatic nitrogens is 1. The fourth-order valence-electron chi connectivity index (χ4n) is 1.47. The summed E-state index contributed by atoms with van der Waals surface area (Å²) in [4.78, 5) is 26.4. The molecule has 0 radical (unpaired) electrons. The average molecular weight is 368 g/mol. The number of pyridine rings is 1. The monoisotopic (exact) mass is 367 g/mol. The Hall–Kier alpha value is -1.64. The van der Waals surface area contributed by atoms with Crippen molar-refractivity contribution in [2.75, 3.05) is 13.1 Å². The molecule has 2 N–H and O–H groups in total. The van der Waals surface area contributed by atoms with Crippen LogP contribution in [0.1, 0.15) is 21.7 Å². The zero-order valence-electron chi connectivity index (χ0n) is 11.1. The van der Waals surface area contributed by atoms with E-state index < -0.39 is 18.0 Å². The smallest absolute Gasteiger partial charge is 0.349 e. The Labute approximate surface area is 127 Å². The maximum absolute atomic E-state index is 11.9. The zero-order valence-corrected chi connectivity index (χ0v) is 12.6. The van der Waals surface area contributed by atoms with Crippen LogP contribution in [0.25, 0.3) is 0 Å². The highest BCUT2D eigenvalue weighted by Gasteiger charge is 2.38. The standard InChI is InChI=1S/C12H13BrF3N3O2/c1-7-4-8(6-13)19-9(5-7)10(20)17-2-3-18-11(21)12(14,15)16/h4-5H,2-3,6H2,1H3,(H,17,20)(H,18,21). The molecular formula is C12H13BrF3N3O2. The Kier molecular flexibility index (Phi) is 6.13. The summed E-state index contributed by atoms with van der Waals surface area (Å²) in [5, 5.41) is 4.53. The molecule has 116 valence electrons. The number of hydrogen-bond acceptors (Lipinski definition) is 3. The van der Waals surface area contributed by atoms with Crippen LogP contribution in [0.15, 0.2) is 12.1 Å². The van der Waals surface area contributed by atoms with E-state index in [0.29, 0.717) is 11.0 Å². The van der Waals surface area contributed by atoms with E-state index in [1.165, 1.54) is 0 Å². The Morgan fingerprint density at radius 2 is 1.86 bits per heavy atom. The van der Waals surface area contributed by atoms with Gasteiger partial charge in [0, 0.05) is 18.4 Å². The van der Waals surface area contributed by atoms with E-state index >= 15 is 0 Å². The Balaban J connectivity index is 2.48. The molecule has 0 saturated carbocycles. The second kappa shape index (κ2) is 7.39. The molecule has 0 aliphatic carbocycles. The molecule has 1 heterocycles. The lowest BCUT2D eigenvalue weighted by atomic mass is 10.2. The zero-order chi connectivity index (χ0) is 16.0. The van der Waals surface area contributed by atoms with Crippen LogP contribution in [0.5, 0.6) is 0 Å². The van der Waals surface area contributed by atoms with E-state index in [9.17, 15) is 22.8 Å². The van der Waals surface area contributed by atoms with Crippen molar-refractivity contribution in [1.82, 2.24) is 15.6 Å². The molecule has 0 spiro atoms. The van der Waals surface area contributed by atoms with Gasteiger partial charge in [-0.25, -0.2) is 4.98 Å². The van der Waals surface area contributed by atoms with E-state index in [-0.39, 0.29) is 18.8 Å². The van der Waals surface area contributed by atoms with Crippen LogP contribution in [0.3, 0.4) is 0 Å². The van der Waals surface area contributed by atoms with Crippen LogP contribution in [-0.4, -0.2) is 36.1 Å². The van der Waals surface area contributed by atoms with Crippen molar-refractivity contribution in [3.8, 4) is 0 Å². The fraction of sp³-hybridized carbons (Fsp3) is 0.417. The van der Waals surface area contributed by atoms with Gasteiger partial charge in [0.2, 0.25) is 0 Å². The Morgan fingerprint density at radius 3 is 2.43 bits per heavy atom. The molecule has 0 fully saturated rings. The predicted molar refractivity (Wildman–Crippen MR) is 73.0 cm³/mol. The molecule has 9 heteroatoms. The SMILES string of the molecule is Cc1cc(CBr)nc(C(=O)NCCNC(=O)C(F)(F)F)c1. The highest BCUT2D eigenvalue weighted by Crippen LogP contribution is 2.13. The molecule has 0 aliphatic rings. The first-order chi connectivity index (χ1) is 9.74. The molecule has 2 amide bonds. The van der Waals surface area contributed by atoms with Gasteiger partial charge in [0.25, 0.3) is 5.91 Å². The molecule has 0 saturated heterocycles. The summed E-state index contributed by atoms with van der Waals surface area (Å²) in [7, 11) is 0. The van der Waals surface area contributed by atoms with E-state index in [1.807, 2.05) is 0 Å². The molecule has 0 bridgehead atoms. The van der Waals surface area contributed by atoms with Gasteiger partial charge < -0.3 is 10.6 Å². The van der Waals surface area contributed by atoms with Crippen molar-refractivity contribution in [2.24, 2.45) is 0 Å². The Bertz CT molecular complexity index is 535. The third-order valence-electron chi connectivity index (χ3n) is 2.35. The van der Waals surface area contributed by atoms with E-state index in [2.05, 4.69) is 26.2 Å². The summed E-state index contributed by atoms with van der Waals surface area (Å²) in [5.74, 6) is -2.55. The lowest BCUT2D eigenvalue weighted by Gasteiger charge is -2.09. The number of nitrogens with one attached hydrogen (secondary N) is 2. The van der Waals surface area contributed by atoms with E-state index in [0.717, 1.165) is 5.56 Å². The molecule has 0 aromatic carbocycles. The van der Waals surface area contributed by atoms with Gasteiger partial charge >= 0.3 is 12.1 Å². The first-order valence-electron chi connectivity index (χ1n) is 5.91. The molecule has 1 aromatic heterocycles. The highest BCUT2D eigenvalue weighted by atomic mass is 79.9. The minimum Gasteiger partial charge on any atom is -0.349 e. The third-order valence-corrected chi connectivity index (χ3v) is 2.92. The van der Waals surface area contributed by atoms with Crippen LogP contribution in [0.2, 0.25) is 0 Å². The molecule has 0 unspecified atom stereocenters. The van der Waals surface area contributed by atoms with Crippen LogP contribution in [-0.2, 0) is 10.1 Å². The number of halogens is 4. The van der Waals surface area contributed by atoms with Crippen LogP contribution >= 0.6 is 15.9 Å². The van der Waals surface area contributed by atoms with Gasteiger partial charge in [-0.15, -0.1) is 0 Å². The van der Waals surface area contributed by atoms with Crippen molar-refractivity contribution < 1.29 is 22.8 Å². The maximum atomic E-state index is 11.9. The first kappa shape index (κ1) is 17.4. The molecule has 21 heavy (non-hydrogen) atoms. The Morgan fingerprint density at radius 1 is 1.24 bits per heavy atom. The second-order valence-electron chi connectivity index (χ2n) is 4.16. The molecule has 0 aliphatic heterocycles. The topological polar surface area (TPSA) is 71.1 Å². The van der Waals surface area contributed by atoms with E-state index in [4.69, 9.17) is 0 Å². The largest absolute Gasteiger partial charge is 0.471 e. The number of carbonyl (C=O) groups excluding carboxylic acids is 2. The van der Waals surface area contributed by atoms with Gasteiger partial charge in [-0.2, -0.15) is 13.2 Å². The molecular weight excluding hydrogens is 355 g/mol. The van der Waals surface area contributed by atoms with Crippen molar-refractivity contribution in [3.05, 3.63) is 29.1 Å². The fourth-order valence-corrected chi connectivity index (χ4v) is 1.75. The van der Waals surface area contributed by atoms with Crippen molar-refractivity contribution >= 4 is 27.7 Å². The van der Waals surface area contributed by atoms with E-state index in [1.54, 1.807) is 24.4 Å². The lowest BCUT2D eigenvalue weighted by Crippen LogP contribution is -2.41. The van der Waals surface area contributed by atoms with Crippen LogP contribution < -0.4 is 10.6 Å². The number of alkyl halides is 4. The average Bonchev–Trinajstić information content (AvgIpc) is 2.41. The molecule has 0 atom stereocenters. The van der Waals surface area contributed by atoms with Crippen LogP contribution in [0, 0.1) is 6.92 Å². The molecule has 5 nitrogen and oxygen atoms in total. The van der Waals surface area contributed by atoms with Crippen molar-refractivity contribution in [2.45, 2.75) is 18.4 Å². The number of amides is 2. The molecule has 1 rings (SSSR count). The van der Waals surface area contributed by atoms with Gasteiger partial charge in [-0.05, 0) is 24.6 Å². The van der Waals surface area contributed by atoms with Gasteiger partial charge in [0.1, 0.15) is 5.69 Å². The quantitative estimate of drug-likeness (QED) is 0.614. The number of hydrogen-bond donors (Lipinski definition) is 2. The number of rotatable bonds is 5. The van der Waals surface area contributed by atoms with Gasteiger partial charge in [0.15, 0.2) is 0 Å². The summed E-state index contributed by atoms with van der Waals surface area (Å²) in [6.07, 6.45) is -4.92. The maximum Gasteiger partial charge on any atom is 0.471 e. The number of nitrogens with zero attached hydrogens (tertiary/aromatic N) is 1. The van der Waals surface area contributed by atoms with Crippen molar-refractivity contribution in [3.63, 3.8) is 0 Å². The normalized spacial score (nSPS) is 11.1. The highest BCUT2D eigenvalue weighted by molar-refractivity contribution is 9.08. The first-order valence-corrected chi connectivity index (χ1v) is 7.03. The summed E-state index contributed by atoms with van der Waals surface area (Å²) >= 11 is 3.23. The minimum absolute atomic E-state index is 0.125. The van der Waals surface area contributed by atoms with Crippen LogP contribution in [0.4, 0.5) is 13.2 Å². The second-order valence-corrected chi connectivity index (χ2v) is 4.72. The summed E-state index contributed by atoms with van der Waals surface area (Å²) < 4.78 is 35.7. The van der Waals surface area contributed by atoms with Gasteiger partial charge in [-0.1, -0.05) is 15.9 Å². The third kappa shape index (κ3) is 5.70. The summed E-state index contributed by atoms with van der Waals surface area (Å²) in [5.41, 5.74) is 1.69. The molecule has 1 aromatic rings. The van der Waals surface area contributed by atoms with Crippen molar-refractivity contribution in [1.29, 1.82) is 0 Å². The summed E-state index contributed by atoms with van der Waals surface area (Å²) in [6.45, 7) is 1.36. The van der Waals surface area contributed by atoms with Gasteiger partial charge in [-0.3, -0.25) is 9.59 Å². The van der Waals surface area contributed by atoms with Gasteiger partial charge in [0.05, 0.1) is 5.69 Å².